The van der Waals surface area contributed by atoms with Gasteiger partial charge in [0.2, 0.25) is 5.91 Å². The highest BCUT2D eigenvalue weighted by Crippen LogP contribution is 2.12. The van der Waals surface area contributed by atoms with Crippen molar-refractivity contribution in [1.29, 1.82) is 0 Å². The van der Waals surface area contributed by atoms with E-state index < -0.39 is 0 Å². The van der Waals surface area contributed by atoms with Gasteiger partial charge in [0, 0.05) is 33.4 Å². The Balaban J connectivity index is 2.49. The molecule has 1 amide bonds. The SMILES string of the molecule is COCCCNC(=O)C(C)N(C)Cc1ccccc1CN. The fraction of sp³-hybridized carbons (Fsp3) is 0.562. The van der Waals surface area contributed by atoms with Crippen molar-refractivity contribution in [3.05, 3.63) is 35.4 Å². The Labute approximate surface area is 127 Å². The number of nitrogens with two attached hydrogens (primary N) is 1. The van der Waals surface area contributed by atoms with Gasteiger partial charge in [0.25, 0.3) is 0 Å². The van der Waals surface area contributed by atoms with Crippen LogP contribution in [-0.4, -0.2) is 44.2 Å². The summed E-state index contributed by atoms with van der Waals surface area (Å²) in [6.45, 7) is 4.44. The third kappa shape index (κ3) is 5.83. The molecular formula is C16H27N3O2. The van der Waals surface area contributed by atoms with Crippen molar-refractivity contribution >= 4 is 5.91 Å². The number of nitrogens with one attached hydrogen (secondary N) is 1. The number of nitrogens with zero attached hydrogens (tertiary/aromatic N) is 1. The lowest BCUT2D eigenvalue weighted by molar-refractivity contribution is -0.125. The smallest absolute Gasteiger partial charge is 0.237 e. The summed E-state index contributed by atoms with van der Waals surface area (Å²) in [5.41, 5.74) is 8.04. The minimum Gasteiger partial charge on any atom is -0.385 e. The van der Waals surface area contributed by atoms with Crippen molar-refractivity contribution in [1.82, 2.24) is 10.2 Å². The Kier molecular flexibility index (Phi) is 7.97. The lowest BCUT2D eigenvalue weighted by Crippen LogP contribution is -2.43. The molecule has 1 unspecified atom stereocenters. The fourth-order valence-corrected chi connectivity index (χ4v) is 2.09. The summed E-state index contributed by atoms with van der Waals surface area (Å²) >= 11 is 0. The zero-order valence-electron chi connectivity index (χ0n) is 13.3. The van der Waals surface area contributed by atoms with E-state index in [1.54, 1.807) is 7.11 Å². The number of carbonyl (C=O) groups is 1. The van der Waals surface area contributed by atoms with Gasteiger partial charge >= 0.3 is 0 Å². The maximum atomic E-state index is 12.1. The van der Waals surface area contributed by atoms with Crippen molar-refractivity contribution in [2.75, 3.05) is 27.3 Å². The molecule has 0 spiro atoms. The largest absolute Gasteiger partial charge is 0.385 e. The molecule has 0 bridgehead atoms. The predicted molar refractivity (Wildman–Crippen MR) is 84.8 cm³/mol. The highest BCUT2D eigenvalue weighted by atomic mass is 16.5. The van der Waals surface area contributed by atoms with Crippen molar-refractivity contribution in [2.45, 2.75) is 32.5 Å². The first-order chi connectivity index (χ1) is 10.1. The van der Waals surface area contributed by atoms with Gasteiger partial charge in [-0.1, -0.05) is 24.3 Å². The Morgan fingerprint density at radius 1 is 1.38 bits per heavy atom. The maximum Gasteiger partial charge on any atom is 0.237 e. The number of hydrogen-bond acceptors (Lipinski definition) is 4. The fourth-order valence-electron chi connectivity index (χ4n) is 2.09. The summed E-state index contributed by atoms with van der Waals surface area (Å²) in [5, 5.41) is 2.93. The van der Waals surface area contributed by atoms with Crippen LogP contribution in [0.2, 0.25) is 0 Å². The van der Waals surface area contributed by atoms with E-state index in [9.17, 15) is 4.79 Å². The van der Waals surface area contributed by atoms with Gasteiger partial charge in [0.05, 0.1) is 6.04 Å². The molecular weight excluding hydrogens is 266 g/mol. The van der Waals surface area contributed by atoms with E-state index in [4.69, 9.17) is 10.5 Å². The minimum atomic E-state index is -0.182. The van der Waals surface area contributed by atoms with Gasteiger partial charge in [-0.25, -0.2) is 0 Å². The number of hydrogen-bond donors (Lipinski definition) is 2. The molecule has 0 fully saturated rings. The third-order valence-corrected chi connectivity index (χ3v) is 3.62. The average molecular weight is 293 g/mol. The number of methoxy groups -OCH3 is 1. The van der Waals surface area contributed by atoms with E-state index in [-0.39, 0.29) is 11.9 Å². The summed E-state index contributed by atoms with van der Waals surface area (Å²) in [6, 6.07) is 7.88. The monoisotopic (exact) mass is 293 g/mol. The molecule has 5 nitrogen and oxygen atoms in total. The second kappa shape index (κ2) is 9.50. The first kappa shape index (κ1) is 17.6. The molecule has 1 aromatic carbocycles. The van der Waals surface area contributed by atoms with Gasteiger partial charge in [-0.3, -0.25) is 9.69 Å². The van der Waals surface area contributed by atoms with Crippen molar-refractivity contribution in [3.8, 4) is 0 Å². The zero-order chi connectivity index (χ0) is 15.7. The van der Waals surface area contributed by atoms with Crippen molar-refractivity contribution < 1.29 is 9.53 Å². The minimum absolute atomic E-state index is 0.0406. The highest BCUT2D eigenvalue weighted by molar-refractivity contribution is 5.81. The molecule has 0 heterocycles. The molecule has 21 heavy (non-hydrogen) atoms. The molecule has 1 rings (SSSR count). The molecule has 0 aromatic heterocycles. The highest BCUT2D eigenvalue weighted by Gasteiger charge is 2.18. The Morgan fingerprint density at radius 3 is 2.67 bits per heavy atom. The average Bonchev–Trinajstić information content (AvgIpc) is 2.51. The second-order valence-electron chi connectivity index (χ2n) is 5.20. The van der Waals surface area contributed by atoms with Gasteiger partial charge < -0.3 is 15.8 Å². The lowest BCUT2D eigenvalue weighted by Gasteiger charge is -2.25. The van der Waals surface area contributed by atoms with Crippen LogP contribution in [0.1, 0.15) is 24.5 Å². The quantitative estimate of drug-likeness (QED) is 0.670. The van der Waals surface area contributed by atoms with Gasteiger partial charge in [-0.15, -0.1) is 0 Å². The van der Waals surface area contributed by atoms with Gasteiger partial charge in [-0.05, 0) is 31.5 Å². The van der Waals surface area contributed by atoms with Crippen LogP contribution in [0.3, 0.4) is 0 Å². The van der Waals surface area contributed by atoms with E-state index in [0.29, 0.717) is 26.2 Å². The first-order valence-electron chi connectivity index (χ1n) is 7.33. The molecule has 0 saturated heterocycles. The Bertz CT molecular complexity index is 437. The molecule has 5 heteroatoms. The molecule has 1 atom stereocenters. The van der Waals surface area contributed by atoms with Crippen molar-refractivity contribution in [2.24, 2.45) is 5.73 Å². The van der Waals surface area contributed by atoms with Crippen LogP contribution in [0.25, 0.3) is 0 Å². The molecule has 0 aliphatic rings. The lowest BCUT2D eigenvalue weighted by atomic mass is 10.1. The summed E-state index contributed by atoms with van der Waals surface area (Å²) in [5.74, 6) is 0.0406. The molecule has 0 saturated carbocycles. The van der Waals surface area contributed by atoms with E-state index in [2.05, 4.69) is 11.4 Å². The number of rotatable bonds is 9. The van der Waals surface area contributed by atoms with Gasteiger partial charge in [0.15, 0.2) is 0 Å². The summed E-state index contributed by atoms with van der Waals surface area (Å²) in [7, 11) is 3.61. The first-order valence-corrected chi connectivity index (χ1v) is 7.33. The standard InChI is InChI=1S/C16H27N3O2/c1-13(16(20)18-9-6-10-21-3)19(2)12-15-8-5-4-7-14(15)11-17/h4-5,7-8,13H,6,9-12,17H2,1-3H3,(H,18,20). The van der Waals surface area contributed by atoms with E-state index in [1.807, 2.05) is 37.1 Å². The summed E-state index contributed by atoms with van der Waals surface area (Å²) in [6.07, 6.45) is 0.828. The van der Waals surface area contributed by atoms with Crippen LogP contribution in [-0.2, 0) is 22.6 Å². The zero-order valence-corrected chi connectivity index (χ0v) is 13.3. The van der Waals surface area contributed by atoms with Crippen molar-refractivity contribution in [3.63, 3.8) is 0 Å². The van der Waals surface area contributed by atoms with Gasteiger partial charge in [0.1, 0.15) is 0 Å². The number of ether oxygens (including phenoxy) is 1. The van der Waals surface area contributed by atoms with E-state index in [0.717, 1.165) is 12.0 Å². The number of benzene rings is 1. The molecule has 0 aliphatic carbocycles. The normalized spacial score (nSPS) is 12.4. The van der Waals surface area contributed by atoms with Crippen LogP contribution in [0.5, 0.6) is 0 Å². The van der Waals surface area contributed by atoms with Gasteiger partial charge in [-0.2, -0.15) is 0 Å². The summed E-state index contributed by atoms with van der Waals surface area (Å²) < 4.78 is 4.96. The van der Waals surface area contributed by atoms with Crippen LogP contribution in [0.15, 0.2) is 24.3 Å². The Morgan fingerprint density at radius 2 is 2.05 bits per heavy atom. The van der Waals surface area contributed by atoms with E-state index >= 15 is 0 Å². The third-order valence-electron chi connectivity index (χ3n) is 3.62. The van der Waals surface area contributed by atoms with E-state index in [1.165, 1.54) is 5.56 Å². The second-order valence-corrected chi connectivity index (χ2v) is 5.20. The number of carbonyl (C=O) groups excluding carboxylic acids is 1. The topological polar surface area (TPSA) is 67.6 Å². The van der Waals surface area contributed by atoms with Crippen LogP contribution in [0, 0.1) is 0 Å². The molecule has 0 aliphatic heterocycles. The predicted octanol–water partition coefficient (Wildman–Crippen LogP) is 1.12. The summed E-state index contributed by atoms with van der Waals surface area (Å²) in [4.78, 5) is 14.1. The molecule has 1 aromatic rings. The number of likely N-dealkylation sites (N-methyl/N-ethyl adjacent to an activating group) is 1. The number of amides is 1. The van der Waals surface area contributed by atoms with Crippen LogP contribution >= 0.6 is 0 Å². The maximum absolute atomic E-state index is 12.1. The molecule has 3 N–H and O–H groups in total. The Hall–Kier alpha value is -1.43. The van der Waals surface area contributed by atoms with Crippen LogP contribution < -0.4 is 11.1 Å². The molecule has 118 valence electrons. The molecule has 0 radical (unpaired) electrons. The van der Waals surface area contributed by atoms with Crippen LogP contribution in [0.4, 0.5) is 0 Å².